The second-order valence-corrected chi connectivity index (χ2v) is 7.21. The number of fused-ring (bicyclic) bond motifs is 1. The zero-order valence-electron chi connectivity index (χ0n) is 15.2. The fourth-order valence-corrected chi connectivity index (χ4v) is 4.30. The second-order valence-electron chi connectivity index (χ2n) is 7.21. The molecule has 0 spiro atoms. The first-order valence-electron chi connectivity index (χ1n) is 9.65. The van der Waals surface area contributed by atoms with Crippen molar-refractivity contribution >= 4 is 5.57 Å². The van der Waals surface area contributed by atoms with E-state index < -0.39 is 11.6 Å². The van der Waals surface area contributed by atoms with Crippen molar-refractivity contribution in [1.82, 2.24) is 0 Å². The number of halogens is 2. The summed E-state index contributed by atoms with van der Waals surface area (Å²) in [5.41, 5.74) is 1.42. The van der Waals surface area contributed by atoms with Crippen molar-refractivity contribution in [3.63, 3.8) is 0 Å². The summed E-state index contributed by atoms with van der Waals surface area (Å²) in [6, 6.07) is 3.27. The summed E-state index contributed by atoms with van der Waals surface area (Å²) in [5, 5.41) is 0. The van der Waals surface area contributed by atoms with Crippen molar-refractivity contribution in [2.45, 2.75) is 52.4 Å². The molecule has 0 radical (unpaired) electrons. The van der Waals surface area contributed by atoms with Gasteiger partial charge < -0.3 is 4.74 Å². The summed E-state index contributed by atoms with van der Waals surface area (Å²) >= 11 is 0. The molecule has 1 fully saturated rings. The van der Waals surface area contributed by atoms with Crippen LogP contribution < -0.4 is 4.74 Å². The largest absolute Gasteiger partial charge is 0.490 e. The molecule has 0 amide bonds. The first-order valence-corrected chi connectivity index (χ1v) is 9.65. The molecule has 1 saturated carbocycles. The quantitative estimate of drug-likeness (QED) is 0.509. The molecule has 136 valence electrons. The molecule has 3 heteroatoms. The molecule has 3 unspecified atom stereocenters. The number of unbranched alkanes of at least 4 members (excludes halogenated alkanes) is 1. The molecule has 0 aliphatic heterocycles. The molecular weight excluding hydrogens is 318 g/mol. The second kappa shape index (κ2) is 8.16. The van der Waals surface area contributed by atoms with Gasteiger partial charge in [0.1, 0.15) is 0 Å². The summed E-state index contributed by atoms with van der Waals surface area (Å²) in [7, 11) is 0. The third-order valence-electron chi connectivity index (χ3n) is 5.55. The Morgan fingerprint density at radius 2 is 1.96 bits per heavy atom. The van der Waals surface area contributed by atoms with E-state index in [9.17, 15) is 8.78 Å². The van der Waals surface area contributed by atoms with Crippen LogP contribution in [0, 0.1) is 29.4 Å². The summed E-state index contributed by atoms with van der Waals surface area (Å²) < 4.78 is 34.3. The fourth-order valence-electron chi connectivity index (χ4n) is 4.30. The highest BCUT2D eigenvalue weighted by molar-refractivity contribution is 5.71. The van der Waals surface area contributed by atoms with Crippen LogP contribution in [0.2, 0.25) is 0 Å². The lowest BCUT2D eigenvalue weighted by Gasteiger charge is -2.19. The van der Waals surface area contributed by atoms with E-state index in [1.165, 1.54) is 0 Å². The average molecular weight is 346 g/mol. The van der Waals surface area contributed by atoms with E-state index in [0.29, 0.717) is 29.9 Å². The van der Waals surface area contributed by atoms with Gasteiger partial charge in [0.25, 0.3) is 0 Å². The van der Waals surface area contributed by atoms with Crippen LogP contribution in [0.1, 0.15) is 57.9 Å². The fraction of sp³-hybridized carbons (Fsp3) is 0.545. The van der Waals surface area contributed by atoms with Gasteiger partial charge in [-0.05, 0) is 67.6 Å². The number of hydrogen-bond donors (Lipinski definition) is 0. The molecule has 1 aromatic carbocycles. The Bertz CT molecular complexity index is 662. The normalized spacial score (nSPS) is 25.4. The van der Waals surface area contributed by atoms with Crippen LogP contribution in [0.15, 0.2) is 30.4 Å². The molecule has 0 bridgehead atoms. The third-order valence-corrected chi connectivity index (χ3v) is 5.55. The summed E-state index contributed by atoms with van der Waals surface area (Å²) in [5.74, 6) is -0.122. The first-order chi connectivity index (χ1) is 12.2. The van der Waals surface area contributed by atoms with Crippen LogP contribution in [0.25, 0.3) is 5.57 Å². The molecule has 0 heterocycles. The van der Waals surface area contributed by atoms with E-state index in [1.54, 1.807) is 12.1 Å². The first kappa shape index (κ1) is 18.2. The van der Waals surface area contributed by atoms with Crippen molar-refractivity contribution in [2.75, 3.05) is 6.61 Å². The van der Waals surface area contributed by atoms with Crippen LogP contribution in [-0.2, 0) is 0 Å². The lowest BCUT2D eigenvalue weighted by Crippen LogP contribution is -2.10. The molecule has 3 rings (SSSR count). The average Bonchev–Trinajstić information content (AvgIpc) is 3.20. The van der Waals surface area contributed by atoms with Crippen LogP contribution >= 0.6 is 0 Å². The monoisotopic (exact) mass is 346 g/mol. The summed E-state index contributed by atoms with van der Waals surface area (Å²) in [4.78, 5) is 0. The van der Waals surface area contributed by atoms with Gasteiger partial charge in [-0.25, -0.2) is 4.39 Å². The van der Waals surface area contributed by atoms with Crippen molar-refractivity contribution in [3.05, 3.63) is 47.6 Å². The SMILES string of the molecule is CCCC=CC1CCC2C(c3ccc(OCCC)c(F)c3F)=CCC12. The van der Waals surface area contributed by atoms with E-state index >= 15 is 0 Å². The Labute approximate surface area is 149 Å². The smallest absolute Gasteiger partial charge is 0.201 e. The Kier molecular flexibility index (Phi) is 5.93. The maximum absolute atomic E-state index is 14.6. The summed E-state index contributed by atoms with van der Waals surface area (Å²) in [6.45, 7) is 4.52. The minimum absolute atomic E-state index is 0.0186. The molecule has 1 aromatic rings. The molecule has 0 N–H and O–H groups in total. The molecule has 25 heavy (non-hydrogen) atoms. The van der Waals surface area contributed by atoms with E-state index in [1.807, 2.05) is 6.92 Å². The van der Waals surface area contributed by atoms with Crippen molar-refractivity contribution in [2.24, 2.45) is 17.8 Å². The zero-order valence-corrected chi connectivity index (χ0v) is 15.2. The van der Waals surface area contributed by atoms with Gasteiger partial charge in [-0.1, -0.05) is 38.5 Å². The van der Waals surface area contributed by atoms with Crippen LogP contribution in [0.3, 0.4) is 0 Å². The van der Waals surface area contributed by atoms with E-state index in [0.717, 1.165) is 44.1 Å². The highest BCUT2D eigenvalue weighted by Crippen LogP contribution is 2.52. The zero-order chi connectivity index (χ0) is 17.8. The molecule has 3 atom stereocenters. The maximum Gasteiger partial charge on any atom is 0.201 e. The molecule has 0 aromatic heterocycles. The number of ether oxygens (including phenoxy) is 1. The lowest BCUT2D eigenvalue weighted by molar-refractivity contribution is 0.295. The number of allylic oxidation sites excluding steroid dienone is 4. The van der Waals surface area contributed by atoms with Gasteiger partial charge in [-0.15, -0.1) is 0 Å². The predicted molar refractivity (Wildman–Crippen MR) is 98.5 cm³/mol. The Morgan fingerprint density at radius 1 is 1.12 bits per heavy atom. The Hall–Kier alpha value is -1.64. The predicted octanol–water partition coefficient (Wildman–Crippen LogP) is 6.54. The molecule has 0 saturated heterocycles. The van der Waals surface area contributed by atoms with Crippen molar-refractivity contribution < 1.29 is 13.5 Å². The minimum atomic E-state index is -0.854. The third kappa shape index (κ3) is 3.65. The van der Waals surface area contributed by atoms with Gasteiger partial charge in [0.15, 0.2) is 11.6 Å². The van der Waals surface area contributed by atoms with Gasteiger partial charge in [-0.3, -0.25) is 0 Å². The molecule has 2 aliphatic carbocycles. The highest BCUT2D eigenvalue weighted by atomic mass is 19.2. The minimum Gasteiger partial charge on any atom is -0.490 e. The highest BCUT2D eigenvalue weighted by Gasteiger charge is 2.40. The standard InChI is InChI=1S/C22H28F2O/c1-3-5-6-7-15-8-9-17-16(15)10-11-18(17)19-12-13-20(25-14-4-2)22(24)21(19)23/h6-7,11-13,15-17H,3-5,8-10,14H2,1-2H3. The van der Waals surface area contributed by atoms with Crippen molar-refractivity contribution in [3.8, 4) is 5.75 Å². The van der Waals surface area contributed by atoms with Crippen molar-refractivity contribution in [1.29, 1.82) is 0 Å². The van der Waals surface area contributed by atoms with Gasteiger partial charge >= 0.3 is 0 Å². The Morgan fingerprint density at radius 3 is 2.72 bits per heavy atom. The van der Waals surface area contributed by atoms with Crippen LogP contribution in [0.5, 0.6) is 5.75 Å². The number of rotatable bonds is 7. The lowest BCUT2D eigenvalue weighted by atomic mass is 9.86. The van der Waals surface area contributed by atoms with E-state index in [4.69, 9.17) is 4.74 Å². The number of benzene rings is 1. The van der Waals surface area contributed by atoms with E-state index in [-0.39, 0.29) is 5.75 Å². The van der Waals surface area contributed by atoms with Gasteiger partial charge in [0.2, 0.25) is 5.82 Å². The topological polar surface area (TPSA) is 9.23 Å². The number of hydrogen-bond acceptors (Lipinski definition) is 1. The van der Waals surface area contributed by atoms with E-state index in [2.05, 4.69) is 25.2 Å². The van der Waals surface area contributed by atoms with Gasteiger partial charge in [0.05, 0.1) is 6.61 Å². The summed E-state index contributed by atoms with van der Waals surface area (Å²) in [6.07, 6.45) is 13.0. The van der Waals surface area contributed by atoms with Gasteiger partial charge in [0, 0.05) is 5.56 Å². The molecular formula is C22H28F2O. The Balaban J connectivity index is 1.77. The molecule has 2 aliphatic rings. The van der Waals surface area contributed by atoms with Gasteiger partial charge in [-0.2, -0.15) is 4.39 Å². The van der Waals surface area contributed by atoms with Crippen LogP contribution in [-0.4, -0.2) is 6.61 Å². The van der Waals surface area contributed by atoms with Crippen LogP contribution in [0.4, 0.5) is 8.78 Å². The molecule has 1 nitrogen and oxygen atoms in total. The maximum atomic E-state index is 14.6.